The third-order valence-corrected chi connectivity index (χ3v) is 4.64. The van der Waals surface area contributed by atoms with Gasteiger partial charge in [0.15, 0.2) is 28.4 Å². The lowest BCUT2D eigenvalue weighted by molar-refractivity contribution is 0.372. The van der Waals surface area contributed by atoms with Crippen LogP contribution in [0.1, 0.15) is 5.56 Å². The molecule has 0 N–H and O–H groups in total. The largest absolute Gasteiger partial charge is 0.290 e. The molecule has 3 aromatic rings. The van der Waals surface area contributed by atoms with E-state index in [0.717, 1.165) is 4.57 Å². The van der Waals surface area contributed by atoms with Gasteiger partial charge in [0.1, 0.15) is 0 Å². The maximum absolute atomic E-state index is 13.7. The number of para-hydroxylation sites is 1. The van der Waals surface area contributed by atoms with Gasteiger partial charge in [0.05, 0.1) is 10.9 Å². The summed E-state index contributed by atoms with van der Waals surface area (Å²) in [4.78, 5) is 16.4. The standard InChI is InChI=1S/C16H9F5N2OS/c1-23-15(24)7-4-2-3-5-9(7)22-16(23)25-6-8-10(17)12(19)14(21)13(20)11(8)18/h2-5H,6H2,1H3. The molecule has 130 valence electrons. The zero-order valence-corrected chi connectivity index (χ0v) is 13.4. The minimum absolute atomic E-state index is 0.0904. The topological polar surface area (TPSA) is 34.9 Å². The highest BCUT2D eigenvalue weighted by Crippen LogP contribution is 2.28. The molecule has 1 aromatic heterocycles. The summed E-state index contributed by atoms with van der Waals surface area (Å²) in [5.41, 5.74) is -0.986. The summed E-state index contributed by atoms with van der Waals surface area (Å²) < 4.78 is 68.1. The maximum atomic E-state index is 13.7. The summed E-state index contributed by atoms with van der Waals surface area (Å²) >= 11 is 0.697. The van der Waals surface area contributed by atoms with Crippen molar-refractivity contribution in [3.05, 3.63) is 69.3 Å². The first-order valence-electron chi connectivity index (χ1n) is 6.91. The molecule has 0 atom stereocenters. The first kappa shape index (κ1) is 17.4. The number of rotatable bonds is 3. The van der Waals surface area contributed by atoms with Gasteiger partial charge in [0.25, 0.3) is 5.56 Å². The molecule has 0 fully saturated rings. The Labute approximate surface area is 142 Å². The average Bonchev–Trinajstić information content (AvgIpc) is 2.62. The monoisotopic (exact) mass is 372 g/mol. The van der Waals surface area contributed by atoms with Crippen LogP contribution in [0.2, 0.25) is 0 Å². The Morgan fingerprint density at radius 3 is 2.16 bits per heavy atom. The molecule has 9 heteroatoms. The third kappa shape index (κ3) is 2.88. The first-order valence-corrected chi connectivity index (χ1v) is 7.90. The van der Waals surface area contributed by atoms with Crippen LogP contribution in [0, 0.1) is 29.1 Å². The van der Waals surface area contributed by atoms with E-state index in [0.29, 0.717) is 22.7 Å². The van der Waals surface area contributed by atoms with Crippen molar-refractivity contribution < 1.29 is 22.0 Å². The molecule has 0 unspecified atom stereocenters. The zero-order valence-electron chi connectivity index (χ0n) is 12.6. The number of hydrogen-bond acceptors (Lipinski definition) is 3. The zero-order chi connectivity index (χ0) is 18.3. The lowest BCUT2D eigenvalue weighted by atomic mass is 10.2. The van der Waals surface area contributed by atoms with Crippen molar-refractivity contribution in [2.45, 2.75) is 10.9 Å². The van der Waals surface area contributed by atoms with Crippen LogP contribution in [0.15, 0.2) is 34.2 Å². The highest BCUT2D eigenvalue weighted by molar-refractivity contribution is 7.98. The molecule has 0 saturated heterocycles. The second kappa shape index (κ2) is 6.47. The van der Waals surface area contributed by atoms with Crippen LogP contribution < -0.4 is 5.56 Å². The van der Waals surface area contributed by atoms with E-state index in [1.165, 1.54) is 7.05 Å². The molecule has 25 heavy (non-hydrogen) atoms. The molecular weight excluding hydrogens is 363 g/mol. The summed E-state index contributed by atoms with van der Waals surface area (Å²) in [6.07, 6.45) is 0. The van der Waals surface area contributed by atoms with Crippen LogP contribution in [-0.4, -0.2) is 9.55 Å². The Morgan fingerprint density at radius 2 is 1.52 bits per heavy atom. The average molecular weight is 372 g/mol. The van der Waals surface area contributed by atoms with Crippen molar-refractivity contribution in [2.75, 3.05) is 0 Å². The van der Waals surface area contributed by atoms with Crippen molar-refractivity contribution in [1.82, 2.24) is 9.55 Å². The number of benzene rings is 2. The molecule has 3 nitrogen and oxygen atoms in total. The quantitative estimate of drug-likeness (QED) is 0.230. The van der Waals surface area contributed by atoms with Gasteiger partial charge in [-0.3, -0.25) is 9.36 Å². The Morgan fingerprint density at radius 1 is 0.960 bits per heavy atom. The van der Waals surface area contributed by atoms with Crippen LogP contribution >= 0.6 is 11.8 Å². The van der Waals surface area contributed by atoms with E-state index in [2.05, 4.69) is 4.98 Å². The van der Waals surface area contributed by atoms with Gasteiger partial charge in [0, 0.05) is 18.4 Å². The van der Waals surface area contributed by atoms with Crippen molar-refractivity contribution in [1.29, 1.82) is 0 Å². The van der Waals surface area contributed by atoms with Crippen LogP contribution in [0.5, 0.6) is 0 Å². The lowest BCUT2D eigenvalue weighted by Crippen LogP contribution is -2.20. The van der Waals surface area contributed by atoms with Gasteiger partial charge in [-0.15, -0.1) is 0 Å². The van der Waals surface area contributed by atoms with E-state index in [-0.39, 0.29) is 10.7 Å². The van der Waals surface area contributed by atoms with Gasteiger partial charge < -0.3 is 0 Å². The number of halogens is 5. The molecule has 0 aliphatic rings. The highest BCUT2D eigenvalue weighted by Gasteiger charge is 2.25. The summed E-state index contributed by atoms with van der Waals surface area (Å²) in [7, 11) is 1.41. The predicted octanol–water partition coefficient (Wildman–Crippen LogP) is 3.92. The second-order valence-electron chi connectivity index (χ2n) is 5.11. The summed E-state index contributed by atoms with van der Waals surface area (Å²) in [6.45, 7) is 0. The molecule has 1 heterocycles. The molecule has 0 bridgehead atoms. The smallest absolute Gasteiger partial charge is 0.261 e. The van der Waals surface area contributed by atoms with Gasteiger partial charge in [-0.05, 0) is 12.1 Å². The van der Waals surface area contributed by atoms with Crippen LogP contribution in [-0.2, 0) is 12.8 Å². The Bertz CT molecular complexity index is 1020. The fourth-order valence-corrected chi connectivity index (χ4v) is 3.21. The summed E-state index contributed by atoms with van der Waals surface area (Å²) in [5.74, 6) is -10.6. The minimum atomic E-state index is -2.21. The van der Waals surface area contributed by atoms with Crippen LogP contribution in [0.3, 0.4) is 0 Å². The summed E-state index contributed by atoms with van der Waals surface area (Å²) in [5, 5.41) is 0.443. The van der Waals surface area contributed by atoms with Crippen molar-refractivity contribution in [3.63, 3.8) is 0 Å². The van der Waals surface area contributed by atoms with Crippen molar-refractivity contribution in [2.24, 2.45) is 7.05 Å². The number of hydrogen-bond donors (Lipinski definition) is 0. The molecule has 0 spiro atoms. The molecule has 0 aliphatic heterocycles. The molecule has 2 aromatic carbocycles. The molecule has 0 aliphatic carbocycles. The van der Waals surface area contributed by atoms with E-state index in [1.54, 1.807) is 24.3 Å². The number of nitrogens with zero attached hydrogens (tertiary/aromatic N) is 2. The minimum Gasteiger partial charge on any atom is -0.290 e. The normalized spacial score (nSPS) is 11.3. The molecular formula is C16H9F5N2OS. The highest BCUT2D eigenvalue weighted by atomic mass is 32.2. The first-order chi connectivity index (χ1) is 11.8. The SMILES string of the molecule is Cn1c(SCc2c(F)c(F)c(F)c(F)c2F)nc2ccccc2c1=O. The Balaban J connectivity index is 2.02. The fraction of sp³-hybridized carbons (Fsp3) is 0.125. The van der Waals surface area contributed by atoms with Crippen molar-refractivity contribution >= 4 is 22.7 Å². The molecule has 3 rings (SSSR count). The fourth-order valence-electron chi connectivity index (χ4n) is 2.24. The lowest BCUT2D eigenvalue weighted by Gasteiger charge is -2.10. The number of thioether (sulfide) groups is 1. The van der Waals surface area contributed by atoms with Crippen molar-refractivity contribution in [3.8, 4) is 0 Å². The molecule has 0 saturated carbocycles. The van der Waals surface area contributed by atoms with E-state index in [1.807, 2.05) is 0 Å². The van der Waals surface area contributed by atoms with Gasteiger partial charge in [-0.25, -0.2) is 26.9 Å². The number of fused-ring (bicyclic) bond motifs is 1. The second-order valence-corrected chi connectivity index (χ2v) is 6.06. The van der Waals surface area contributed by atoms with Gasteiger partial charge in [0.2, 0.25) is 5.82 Å². The van der Waals surface area contributed by atoms with E-state index >= 15 is 0 Å². The Kier molecular flexibility index (Phi) is 4.51. The van der Waals surface area contributed by atoms with E-state index < -0.39 is 40.4 Å². The van der Waals surface area contributed by atoms with Crippen LogP contribution in [0.4, 0.5) is 22.0 Å². The molecule has 0 amide bonds. The number of aromatic nitrogens is 2. The predicted molar refractivity (Wildman–Crippen MR) is 82.8 cm³/mol. The third-order valence-electron chi connectivity index (χ3n) is 3.59. The van der Waals surface area contributed by atoms with Crippen LogP contribution in [0.25, 0.3) is 10.9 Å². The van der Waals surface area contributed by atoms with Gasteiger partial charge in [-0.1, -0.05) is 23.9 Å². The summed E-state index contributed by atoms with van der Waals surface area (Å²) in [6, 6.07) is 6.47. The Hall–Kier alpha value is -2.42. The van der Waals surface area contributed by atoms with Gasteiger partial charge in [-0.2, -0.15) is 0 Å². The van der Waals surface area contributed by atoms with E-state index in [4.69, 9.17) is 0 Å². The maximum Gasteiger partial charge on any atom is 0.261 e. The molecule has 0 radical (unpaired) electrons. The van der Waals surface area contributed by atoms with Gasteiger partial charge >= 0.3 is 0 Å². The van der Waals surface area contributed by atoms with E-state index in [9.17, 15) is 26.7 Å².